The molecule has 0 spiro atoms. The number of hydrogen-bond acceptors (Lipinski definition) is 6. The van der Waals surface area contributed by atoms with Crippen molar-refractivity contribution in [1.82, 2.24) is 10.1 Å². The fraction of sp³-hybridized carbons (Fsp3) is 0. The third kappa shape index (κ3) is 1.50. The van der Waals surface area contributed by atoms with Crippen LogP contribution in [-0.2, 0) is 0 Å². The van der Waals surface area contributed by atoms with E-state index in [4.69, 9.17) is 10.9 Å². The SMILES string of the molecule is Nc1ccc(-c2noc(NO)n2)cc1. The standard InChI is InChI=1S/C8H8N4O2/c9-6-3-1-5(2-4-6)7-10-8(11-13)14-12-7/h1-4,13H,9H2,(H,10,11,12). The first kappa shape index (κ1) is 8.52. The average Bonchev–Trinajstić information content (AvgIpc) is 2.67. The minimum atomic E-state index is -0.0446. The second-order valence-electron chi connectivity index (χ2n) is 2.66. The molecule has 0 radical (unpaired) electrons. The van der Waals surface area contributed by atoms with Crippen LogP contribution in [0.3, 0.4) is 0 Å². The minimum Gasteiger partial charge on any atom is -0.399 e. The Kier molecular flexibility index (Phi) is 2.04. The molecule has 0 aliphatic rings. The van der Waals surface area contributed by atoms with Crippen LogP contribution in [0.1, 0.15) is 0 Å². The van der Waals surface area contributed by atoms with Gasteiger partial charge in [0.2, 0.25) is 5.82 Å². The number of rotatable bonds is 2. The molecule has 6 nitrogen and oxygen atoms in total. The van der Waals surface area contributed by atoms with Gasteiger partial charge in [-0.2, -0.15) is 4.98 Å². The lowest BCUT2D eigenvalue weighted by atomic mass is 10.2. The van der Waals surface area contributed by atoms with Crippen LogP contribution in [0.5, 0.6) is 0 Å². The van der Waals surface area contributed by atoms with Gasteiger partial charge in [0.15, 0.2) is 0 Å². The molecule has 0 aliphatic carbocycles. The molecule has 0 fully saturated rings. The first-order valence-corrected chi connectivity index (χ1v) is 3.89. The Morgan fingerprint density at radius 3 is 2.57 bits per heavy atom. The Bertz CT molecular complexity index is 423. The van der Waals surface area contributed by atoms with Gasteiger partial charge in [-0.25, -0.2) is 5.48 Å². The molecule has 2 rings (SSSR count). The van der Waals surface area contributed by atoms with E-state index in [1.54, 1.807) is 29.7 Å². The van der Waals surface area contributed by atoms with E-state index in [0.29, 0.717) is 11.5 Å². The third-order valence-corrected chi connectivity index (χ3v) is 1.69. The Labute approximate surface area is 79.3 Å². The molecule has 72 valence electrons. The molecule has 0 unspecified atom stereocenters. The number of nitrogens with two attached hydrogens (primary N) is 1. The molecule has 0 bridgehead atoms. The highest BCUT2D eigenvalue weighted by Gasteiger charge is 2.06. The summed E-state index contributed by atoms with van der Waals surface area (Å²) >= 11 is 0. The number of nitrogen functional groups attached to an aromatic ring is 1. The Morgan fingerprint density at radius 1 is 1.29 bits per heavy atom. The molecule has 0 saturated heterocycles. The molecule has 1 heterocycles. The van der Waals surface area contributed by atoms with E-state index in [-0.39, 0.29) is 6.01 Å². The highest BCUT2D eigenvalue weighted by atomic mass is 16.5. The summed E-state index contributed by atoms with van der Waals surface area (Å²) in [7, 11) is 0. The smallest absolute Gasteiger partial charge is 0.345 e. The Morgan fingerprint density at radius 2 is 2.00 bits per heavy atom. The first-order valence-electron chi connectivity index (χ1n) is 3.89. The molecular formula is C8H8N4O2. The summed E-state index contributed by atoms with van der Waals surface area (Å²) < 4.78 is 4.64. The van der Waals surface area contributed by atoms with Crippen LogP contribution < -0.4 is 11.2 Å². The predicted octanol–water partition coefficient (Wildman–Crippen LogP) is 1.12. The van der Waals surface area contributed by atoms with Gasteiger partial charge in [0, 0.05) is 11.3 Å². The zero-order valence-electron chi connectivity index (χ0n) is 7.14. The largest absolute Gasteiger partial charge is 0.399 e. The van der Waals surface area contributed by atoms with E-state index in [0.717, 1.165) is 5.56 Å². The summed E-state index contributed by atoms with van der Waals surface area (Å²) in [5.41, 5.74) is 8.72. The van der Waals surface area contributed by atoms with Gasteiger partial charge in [0.1, 0.15) is 0 Å². The fourth-order valence-electron chi connectivity index (χ4n) is 1.02. The Balaban J connectivity index is 2.34. The van der Waals surface area contributed by atoms with Crippen LogP contribution >= 0.6 is 0 Å². The molecule has 6 heteroatoms. The topological polar surface area (TPSA) is 97.2 Å². The number of nitrogens with zero attached hydrogens (tertiary/aromatic N) is 2. The number of benzene rings is 1. The lowest BCUT2D eigenvalue weighted by Crippen LogP contribution is -1.88. The van der Waals surface area contributed by atoms with Crippen molar-refractivity contribution in [1.29, 1.82) is 0 Å². The van der Waals surface area contributed by atoms with E-state index >= 15 is 0 Å². The van der Waals surface area contributed by atoms with E-state index in [1.165, 1.54) is 0 Å². The number of aromatic nitrogens is 2. The van der Waals surface area contributed by atoms with Crippen LogP contribution in [0.2, 0.25) is 0 Å². The predicted molar refractivity (Wildman–Crippen MR) is 49.6 cm³/mol. The van der Waals surface area contributed by atoms with Gasteiger partial charge in [-0.05, 0) is 24.3 Å². The molecular weight excluding hydrogens is 184 g/mol. The number of anilines is 2. The minimum absolute atomic E-state index is 0.0446. The van der Waals surface area contributed by atoms with E-state index in [9.17, 15) is 0 Å². The van der Waals surface area contributed by atoms with Gasteiger partial charge in [0.25, 0.3) is 0 Å². The monoisotopic (exact) mass is 192 g/mol. The zero-order valence-corrected chi connectivity index (χ0v) is 7.14. The summed E-state index contributed by atoms with van der Waals surface area (Å²) in [5, 5.41) is 12.1. The van der Waals surface area contributed by atoms with Crippen molar-refractivity contribution in [3.05, 3.63) is 24.3 Å². The molecule has 14 heavy (non-hydrogen) atoms. The maximum Gasteiger partial charge on any atom is 0.345 e. The zero-order chi connectivity index (χ0) is 9.97. The molecule has 0 aliphatic heterocycles. The van der Waals surface area contributed by atoms with Crippen molar-refractivity contribution in [2.75, 3.05) is 11.2 Å². The van der Waals surface area contributed by atoms with Gasteiger partial charge in [0.05, 0.1) is 0 Å². The first-order chi connectivity index (χ1) is 6.79. The van der Waals surface area contributed by atoms with Crippen molar-refractivity contribution in [3.63, 3.8) is 0 Å². The highest BCUT2D eigenvalue weighted by Crippen LogP contribution is 2.18. The van der Waals surface area contributed by atoms with Crippen molar-refractivity contribution in [2.24, 2.45) is 0 Å². The van der Waals surface area contributed by atoms with Crippen LogP contribution in [0.25, 0.3) is 11.4 Å². The molecule has 0 saturated carbocycles. The van der Waals surface area contributed by atoms with Gasteiger partial charge < -0.3 is 10.3 Å². The van der Waals surface area contributed by atoms with Crippen LogP contribution in [-0.4, -0.2) is 15.3 Å². The average molecular weight is 192 g/mol. The van der Waals surface area contributed by atoms with Crippen LogP contribution in [0.15, 0.2) is 28.8 Å². The molecule has 0 amide bonds. The van der Waals surface area contributed by atoms with E-state index in [2.05, 4.69) is 14.7 Å². The number of hydrogen-bond donors (Lipinski definition) is 3. The normalized spacial score (nSPS) is 10.1. The molecule has 0 atom stereocenters. The Hall–Kier alpha value is -2.08. The maximum atomic E-state index is 8.48. The second kappa shape index (κ2) is 3.35. The summed E-state index contributed by atoms with van der Waals surface area (Å²) in [6, 6.07) is 6.95. The summed E-state index contributed by atoms with van der Waals surface area (Å²) in [5.74, 6) is 0.390. The van der Waals surface area contributed by atoms with Crippen molar-refractivity contribution >= 4 is 11.7 Å². The second-order valence-corrected chi connectivity index (χ2v) is 2.66. The molecule has 2 aromatic rings. The molecule has 1 aromatic heterocycles. The van der Waals surface area contributed by atoms with Crippen molar-refractivity contribution in [3.8, 4) is 11.4 Å². The molecule has 4 N–H and O–H groups in total. The highest BCUT2D eigenvalue weighted by molar-refractivity contribution is 5.58. The van der Waals surface area contributed by atoms with Crippen LogP contribution in [0.4, 0.5) is 11.7 Å². The van der Waals surface area contributed by atoms with Gasteiger partial charge in [-0.1, -0.05) is 5.16 Å². The third-order valence-electron chi connectivity index (χ3n) is 1.69. The van der Waals surface area contributed by atoms with Crippen LogP contribution in [0, 0.1) is 0 Å². The summed E-state index contributed by atoms with van der Waals surface area (Å²) in [6.07, 6.45) is 0. The van der Waals surface area contributed by atoms with E-state index < -0.39 is 0 Å². The van der Waals surface area contributed by atoms with Gasteiger partial charge in [-0.15, -0.1) is 0 Å². The summed E-state index contributed by atoms with van der Waals surface area (Å²) in [6.45, 7) is 0. The quantitative estimate of drug-likeness (QED) is 0.487. The number of nitrogens with one attached hydrogen (secondary N) is 1. The lowest BCUT2D eigenvalue weighted by molar-refractivity contribution is 0.334. The fourth-order valence-corrected chi connectivity index (χ4v) is 1.02. The molecule has 1 aromatic carbocycles. The van der Waals surface area contributed by atoms with Crippen molar-refractivity contribution < 1.29 is 9.73 Å². The van der Waals surface area contributed by atoms with Gasteiger partial charge in [-0.3, -0.25) is 5.21 Å². The van der Waals surface area contributed by atoms with Crippen molar-refractivity contribution in [2.45, 2.75) is 0 Å². The van der Waals surface area contributed by atoms with Gasteiger partial charge >= 0.3 is 6.01 Å². The van der Waals surface area contributed by atoms with E-state index in [1.807, 2.05) is 0 Å². The maximum absolute atomic E-state index is 8.48. The summed E-state index contributed by atoms with van der Waals surface area (Å²) in [4.78, 5) is 3.85. The lowest BCUT2D eigenvalue weighted by Gasteiger charge is -1.94.